The van der Waals surface area contributed by atoms with Gasteiger partial charge in [-0.15, -0.1) is 0 Å². The SMILES string of the molecule is CCCCNC(=O)NS(=O)(=O)CCOc1ccc(N)cc1. The summed E-state index contributed by atoms with van der Waals surface area (Å²) < 4.78 is 30.5. The molecular weight excluding hydrogens is 294 g/mol. The highest BCUT2D eigenvalue weighted by atomic mass is 32.2. The lowest BCUT2D eigenvalue weighted by Crippen LogP contribution is -2.41. The molecule has 0 radical (unpaired) electrons. The van der Waals surface area contributed by atoms with Crippen molar-refractivity contribution in [1.29, 1.82) is 0 Å². The first kappa shape index (κ1) is 17.1. The first-order valence-electron chi connectivity index (χ1n) is 6.69. The van der Waals surface area contributed by atoms with E-state index in [9.17, 15) is 13.2 Å². The zero-order valence-corrected chi connectivity index (χ0v) is 12.8. The minimum absolute atomic E-state index is 0.0541. The highest BCUT2D eigenvalue weighted by Gasteiger charge is 2.14. The second-order valence-corrected chi connectivity index (χ2v) is 6.29. The predicted octanol–water partition coefficient (Wildman–Crippen LogP) is 1.08. The molecule has 0 fully saturated rings. The number of nitrogens with one attached hydrogen (secondary N) is 2. The molecule has 2 amide bonds. The summed E-state index contributed by atoms with van der Waals surface area (Å²) in [5.41, 5.74) is 6.12. The lowest BCUT2D eigenvalue weighted by Gasteiger charge is -2.09. The van der Waals surface area contributed by atoms with E-state index in [1.165, 1.54) is 0 Å². The lowest BCUT2D eigenvalue weighted by molar-refractivity contribution is 0.245. The van der Waals surface area contributed by atoms with Crippen LogP contribution in [0.25, 0.3) is 0 Å². The van der Waals surface area contributed by atoms with E-state index in [0.29, 0.717) is 18.0 Å². The molecule has 0 aliphatic rings. The fourth-order valence-electron chi connectivity index (χ4n) is 1.44. The molecule has 118 valence electrons. The number of carbonyl (C=O) groups is 1. The Morgan fingerprint density at radius 1 is 1.29 bits per heavy atom. The largest absolute Gasteiger partial charge is 0.492 e. The number of carbonyl (C=O) groups excluding carboxylic acids is 1. The predicted molar refractivity (Wildman–Crippen MR) is 81.6 cm³/mol. The van der Waals surface area contributed by atoms with Crippen LogP contribution in [0.1, 0.15) is 19.8 Å². The molecule has 0 unspecified atom stereocenters. The standard InChI is InChI=1S/C13H21N3O4S/c1-2-3-8-15-13(17)16-21(18,19)10-9-20-12-6-4-11(14)5-7-12/h4-7H,2-3,8-10,14H2,1H3,(H2,15,16,17). The Morgan fingerprint density at radius 2 is 1.95 bits per heavy atom. The molecule has 4 N–H and O–H groups in total. The van der Waals surface area contributed by atoms with Gasteiger partial charge in [0.15, 0.2) is 0 Å². The van der Waals surface area contributed by atoms with Crippen LogP contribution in [0.4, 0.5) is 10.5 Å². The van der Waals surface area contributed by atoms with Crippen LogP contribution in [0.5, 0.6) is 5.75 Å². The number of urea groups is 1. The van der Waals surface area contributed by atoms with Crippen LogP contribution >= 0.6 is 0 Å². The topological polar surface area (TPSA) is 111 Å². The third kappa shape index (κ3) is 7.40. The van der Waals surface area contributed by atoms with Crippen LogP contribution in [0.3, 0.4) is 0 Å². The van der Waals surface area contributed by atoms with Gasteiger partial charge in [-0.05, 0) is 30.7 Å². The number of hydrogen-bond acceptors (Lipinski definition) is 5. The van der Waals surface area contributed by atoms with E-state index in [1.807, 2.05) is 11.6 Å². The van der Waals surface area contributed by atoms with Crippen molar-refractivity contribution in [2.75, 3.05) is 24.6 Å². The maximum atomic E-state index is 11.6. The molecule has 1 rings (SSSR count). The van der Waals surface area contributed by atoms with Crippen LogP contribution < -0.4 is 20.5 Å². The average molecular weight is 315 g/mol. The second-order valence-electron chi connectivity index (χ2n) is 4.45. The number of ether oxygens (including phenoxy) is 1. The summed E-state index contributed by atoms with van der Waals surface area (Å²) in [6, 6.07) is 5.89. The molecule has 1 aromatic carbocycles. The average Bonchev–Trinajstić information content (AvgIpc) is 2.40. The third-order valence-electron chi connectivity index (χ3n) is 2.56. The fourth-order valence-corrected chi connectivity index (χ4v) is 2.20. The minimum Gasteiger partial charge on any atom is -0.492 e. The van der Waals surface area contributed by atoms with Crippen molar-refractivity contribution in [2.24, 2.45) is 0 Å². The molecule has 0 aliphatic heterocycles. The Bertz CT molecular complexity index is 543. The summed E-state index contributed by atoms with van der Waals surface area (Å²) in [4.78, 5) is 11.3. The summed E-state index contributed by atoms with van der Waals surface area (Å²) in [6.07, 6.45) is 1.72. The molecule has 8 heteroatoms. The van der Waals surface area contributed by atoms with Crippen molar-refractivity contribution in [1.82, 2.24) is 10.0 Å². The van der Waals surface area contributed by atoms with Crippen molar-refractivity contribution < 1.29 is 17.9 Å². The van der Waals surface area contributed by atoms with E-state index in [-0.39, 0.29) is 12.4 Å². The molecule has 7 nitrogen and oxygen atoms in total. The number of unbranched alkanes of at least 4 members (excludes halogenated alkanes) is 1. The summed E-state index contributed by atoms with van der Waals surface area (Å²) in [7, 11) is -3.71. The van der Waals surface area contributed by atoms with E-state index in [4.69, 9.17) is 10.5 Å². The van der Waals surface area contributed by atoms with Gasteiger partial charge in [0.1, 0.15) is 18.1 Å². The van der Waals surface area contributed by atoms with Gasteiger partial charge < -0.3 is 15.8 Å². The molecule has 0 atom stereocenters. The van der Waals surface area contributed by atoms with E-state index in [1.54, 1.807) is 24.3 Å². The first-order chi connectivity index (χ1) is 9.93. The molecule has 0 saturated carbocycles. The van der Waals surface area contributed by atoms with Gasteiger partial charge in [0.2, 0.25) is 10.0 Å². The van der Waals surface area contributed by atoms with Crippen molar-refractivity contribution in [2.45, 2.75) is 19.8 Å². The Labute approximate surface area is 124 Å². The number of rotatable bonds is 8. The molecular formula is C13H21N3O4S. The van der Waals surface area contributed by atoms with Gasteiger partial charge in [-0.25, -0.2) is 17.9 Å². The van der Waals surface area contributed by atoms with Crippen molar-refractivity contribution in [3.63, 3.8) is 0 Å². The second kappa shape index (κ2) is 8.35. The van der Waals surface area contributed by atoms with Crippen LogP contribution in [-0.4, -0.2) is 33.4 Å². The molecule has 0 bridgehead atoms. The Kier molecular flexibility index (Phi) is 6.80. The quantitative estimate of drug-likeness (QED) is 0.491. The van der Waals surface area contributed by atoms with Gasteiger partial charge in [-0.2, -0.15) is 0 Å². The zero-order chi connectivity index (χ0) is 15.7. The van der Waals surface area contributed by atoms with Crippen LogP contribution in [0, 0.1) is 0 Å². The highest BCUT2D eigenvalue weighted by Crippen LogP contribution is 2.12. The number of hydrogen-bond donors (Lipinski definition) is 3. The molecule has 1 aromatic rings. The monoisotopic (exact) mass is 315 g/mol. The Morgan fingerprint density at radius 3 is 2.57 bits per heavy atom. The van der Waals surface area contributed by atoms with Gasteiger partial charge in [-0.1, -0.05) is 13.3 Å². The zero-order valence-electron chi connectivity index (χ0n) is 12.0. The van der Waals surface area contributed by atoms with Crippen molar-refractivity contribution in [3.05, 3.63) is 24.3 Å². The molecule has 0 saturated heterocycles. The summed E-state index contributed by atoms with van der Waals surface area (Å²) in [5, 5.41) is 2.47. The number of nitrogens with two attached hydrogens (primary N) is 1. The van der Waals surface area contributed by atoms with Crippen molar-refractivity contribution in [3.8, 4) is 5.75 Å². The summed E-state index contributed by atoms with van der Waals surface area (Å²) in [5.74, 6) is 0.213. The number of amides is 2. The molecule has 0 aromatic heterocycles. The Hall–Kier alpha value is -1.96. The molecule has 21 heavy (non-hydrogen) atoms. The van der Waals surface area contributed by atoms with Gasteiger partial charge in [-0.3, -0.25) is 0 Å². The number of nitrogen functional groups attached to an aromatic ring is 1. The molecule has 0 heterocycles. The van der Waals surface area contributed by atoms with Gasteiger partial charge >= 0.3 is 6.03 Å². The number of anilines is 1. The maximum Gasteiger partial charge on any atom is 0.328 e. The summed E-state index contributed by atoms with van der Waals surface area (Å²) >= 11 is 0. The van der Waals surface area contributed by atoms with E-state index in [2.05, 4.69) is 5.32 Å². The van der Waals surface area contributed by atoms with E-state index >= 15 is 0 Å². The first-order valence-corrected chi connectivity index (χ1v) is 8.35. The van der Waals surface area contributed by atoms with Crippen LogP contribution in [0.15, 0.2) is 24.3 Å². The van der Waals surface area contributed by atoms with Crippen LogP contribution in [-0.2, 0) is 10.0 Å². The van der Waals surface area contributed by atoms with E-state index < -0.39 is 16.1 Å². The lowest BCUT2D eigenvalue weighted by atomic mass is 10.3. The maximum absolute atomic E-state index is 11.6. The third-order valence-corrected chi connectivity index (χ3v) is 3.77. The molecule has 0 spiro atoms. The van der Waals surface area contributed by atoms with Gasteiger partial charge in [0.25, 0.3) is 0 Å². The normalized spacial score (nSPS) is 10.9. The number of benzene rings is 1. The minimum atomic E-state index is -3.71. The van der Waals surface area contributed by atoms with Gasteiger partial charge in [0.05, 0.1) is 0 Å². The Balaban J connectivity index is 2.32. The van der Waals surface area contributed by atoms with Crippen molar-refractivity contribution >= 4 is 21.7 Å². The fraction of sp³-hybridized carbons (Fsp3) is 0.462. The number of sulfonamides is 1. The highest BCUT2D eigenvalue weighted by molar-refractivity contribution is 7.90. The summed E-state index contributed by atoms with van der Waals surface area (Å²) in [6.45, 7) is 2.37. The molecule has 0 aliphatic carbocycles. The van der Waals surface area contributed by atoms with E-state index in [0.717, 1.165) is 12.8 Å². The van der Waals surface area contributed by atoms with Gasteiger partial charge in [0, 0.05) is 12.2 Å². The van der Waals surface area contributed by atoms with Crippen LogP contribution in [0.2, 0.25) is 0 Å². The smallest absolute Gasteiger partial charge is 0.328 e.